The molecule has 0 atom stereocenters. The van der Waals surface area contributed by atoms with E-state index in [1.54, 1.807) is 29.5 Å². The molecule has 0 aliphatic carbocycles. The van der Waals surface area contributed by atoms with Crippen molar-refractivity contribution in [2.75, 3.05) is 7.11 Å². The first kappa shape index (κ1) is 14.4. The molecule has 0 unspecified atom stereocenters. The van der Waals surface area contributed by atoms with E-state index in [0.717, 1.165) is 10.7 Å². The van der Waals surface area contributed by atoms with Crippen molar-refractivity contribution in [2.24, 2.45) is 0 Å². The Morgan fingerprint density at radius 3 is 2.95 bits per heavy atom. The van der Waals surface area contributed by atoms with Gasteiger partial charge >= 0.3 is 5.97 Å². The minimum Gasteiger partial charge on any atom is -0.465 e. The van der Waals surface area contributed by atoms with Gasteiger partial charge in [0.25, 0.3) is 0 Å². The van der Waals surface area contributed by atoms with Gasteiger partial charge in [-0.3, -0.25) is 0 Å². The highest BCUT2D eigenvalue weighted by atomic mass is 32.1. The van der Waals surface area contributed by atoms with Crippen LogP contribution in [-0.4, -0.2) is 28.2 Å². The highest BCUT2D eigenvalue weighted by Crippen LogP contribution is 2.19. The number of ether oxygens (including phenoxy) is 1. The third-order valence-corrected chi connectivity index (χ3v) is 3.83. The summed E-state index contributed by atoms with van der Waals surface area (Å²) in [5.41, 5.74) is 2.05. The molecule has 0 saturated heterocycles. The normalized spacial score (nSPS) is 10.6. The Kier molecular flexibility index (Phi) is 3.97. The third-order valence-electron chi connectivity index (χ3n) is 3.01. The van der Waals surface area contributed by atoms with Gasteiger partial charge in [0.05, 0.1) is 29.8 Å². The van der Waals surface area contributed by atoms with E-state index < -0.39 is 5.97 Å². The molecule has 6 nitrogen and oxygen atoms in total. The van der Waals surface area contributed by atoms with Crippen LogP contribution in [0.25, 0.3) is 11.4 Å². The van der Waals surface area contributed by atoms with Gasteiger partial charge in [-0.15, -0.1) is 11.3 Å². The second kappa shape index (κ2) is 6.07. The lowest BCUT2D eigenvalue weighted by atomic mass is 10.1. The van der Waals surface area contributed by atoms with Crippen molar-refractivity contribution in [1.82, 2.24) is 15.1 Å². The van der Waals surface area contributed by atoms with E-state index in [-0.39, 0.29) is 0 Å². The van der Waals surface area contributed by atoms with Gasteiger partial charge in [-0.05, 0) is 19.1 Å². The average molecular weight is 315 g/mol. The topological polar surface area (TPSA) is 78.1 Å². The molecular weight excluding hydrogens is 302 g/mol. The lowest BCUT2D eigenvalue weighted by Crippen LogP contribution is -2.00. The third kappa shape index (κ3) is 3.04. The van der Waals surface area contributed by atoms with Gasteiger partial charge in [-0.2, -0.15) is 4.98 Å². The number of carbonyl (C=O) groups is 1. The number of aryl methyl sites for hydroxylation is 1. The molecule has 1 aromatic carbocycles. The largest absolute Gasteiger partial charge is 0.465 e. The zero-order valence-corrected chi connectivity index (χ0v) is 12.9. The highest BCUT2D eigenvalue weighted by Gasteiger charge is 2.13. The maximum absolute atomic E-state index is 11.6. The van der Waals surface area contributed by atoms with Gasteiger partial charge in [0, 0.05) is 10.9 Å². The molecule has 0 aliphatic heterocycles. The van der Waals surface area contributed by atoms with E-state index >= 15 is 0 Å². The zero-order valence-electron chi connectivity index (χ0n) is 12.1. The Hall–Kier alpha value is -2.54. The van der Waals surface area contributed by atoms with E-state index in [2.05, 4.69) is 15.1 Å². The van der Waals surface area contributed by atoms with Gasteiger partial charge in [-0.1, -0.05) is 17.3 Å². The van der Waals surface area contributed by atoms with Crippen LogP contribution < -0.4 is 0 Å². The van der Waals surface area contributed by atoms with Crippen molar-refractivity contribution in [3.8, 4) is 11.4 Å². The molecule has 22 heavy (non-hydrogen) atoms. The van der Waals surface area contributed by atoms with Crippen LogP contribution in [0.2, 0.25) is 0 Å². The fourth-order valence-electron chi connectivity index (χ4n) is 1.99. The summed E-state index contributed by atoms with van der Waals surface area (Å²) >= 11 is 1.58. The molecule has 112 valence electrons. The predicted octanol–water partition coefficient (Wildman–Crippen LogP) is 2.88. The Balaban J connectivity index is 1.83. The summed E-state index contributed by atoms with van der Waals surface area (Å²) in [5, 5.41) is 6.92. The maximum Gasteiger partial charge on any atom is 0.337 e. The van der Waals surface area contributed by atoms with Gasteiger partial charge in [0.15, 0.2) is 0 Å². The lowest BCUT2D eigenvalue weighted by molar-refractivity contribution is 0.0601. The van der Waals surface area contributed by atoms with E-state index in [0.29, 0.717) is 29.3 Å². The second-order valence-corrected chi connectivity index (χ2v) is 5.68. The molecule has 0 N–H and O–H groups in total. The number of benzene rings is 1. The Morgan fingerprint density at radius 2 is 2.23 bits per heavy atom. The minimum absolute atomic E-state index is 0.400. The van der Waals surface area contributed by atoms with Gasteiger partial charge in [-0.25, -0.2) is 9.78 Å². The van der Waals surface area contributed by atoms with E-state index in [9.17, 15) is 4.79 Å². The van der Waals surface area contributed by atoms with Crippen LogP contribution >= 0.6 is 11.3 Å². The molecule has 2 aromatic heterocycles. The summed E-state index contributed by atoms with van der Waals surface area (Å²) in [4.78, 5) is 20.3. The van der Waals surface area contributed by atoms with Crippen LogP contribution in [0.15, 0.2) is 34.2 Å². The van der Waals surface area contributed by atoms with Gasteiger partial charge in [0.1, 0.15) is 0 Å². The molecule has 0 saturated carbocycles. The number of methoxy groups -OCH3 is 1. The van der Waals surface area contributed by atoms with E-state index in [1.807, 2.05) is 18.4 Å². The fraction of sp³-hybridized carbons (Fsp3) is 0.200. The maximum atomic E-state index is 11.6. The SMILES string of the molecule is COC(=O)c1cccc(-c2noc(Cc3csc(C)n3)n2)c1. The van der Waals surface area contributed by atoms with Crippen molar-refractivity contribution in [1.29, 1.82) is 0 Å². The van der Waals surface area contributed by atoms with Crippen molar-refractivity contribution in [3.63, 3.8) is 0 Å². The monoisotopic (exact) mass is 315 g/mol. The van der Waals surface area contributed by atoms with Crippen molar-refractivity contribution >= 4 is 17.3 Å². The standard InChI is InChI=1S/C15H13N3O3S/c1-9-16-12(8-22-9)7-13-17-14(18-21-13)10-4-3-5-11(6-10)15(19)20-2/h3-6,8H,7H2,1-2H3. The average Bonchev–Trinajstić information content (AvgIpc) is 3.16. The summed E-state index contributed by atoms with van der Waals surface area (Å²) in [6.07, 6.45) is 0.494. The first-order chi connectivity index (χ1) is 10.7. The molecule has 0 radical (unpaired) electrons. The first-order valence-corrected chi connectivity index (χ1v) is 7.46. The van der Waals surface area contributed by atoms with E-state index in [1.165, 1.54) is 7.11 Å². The number of aromatic nitrogens is 3. The van der Waals surface area contributed by atoms with E-state index in [4.69, 9.17) is 9.26 Å². The number of thiazole rings is 1. The minimum atomic E-state index is -0.400. The molecule has 0 spiro atoms. The molecule has 3 rings (SSSR count). The number of hydrogen-bond acceptors (Lipinski definition) is 7. The summed E-state index contributed by atoms with van der Waals surface area (Å²) < 4.78 is 9.95. The van der Waals surface area contributed by atoms with Crippen LogP contribution in [0, 0.1) is 6.92 Å². The van der Waals surface area contributed by atoms with Crippen LogP contribution in [-0.2, 0) is 11.2 Å². The molecule has 0 amide bonds. The summed E-state index contributed by atoms with van der Waals surface area (Å²) in [7, 11) is 1.34. The lowest BCUT2D eigenvalue weighted by Gasteiger charge is -2.00. The smallest absolute Gasteiger partial charge is 0.337 e. The molecule has 7 heteroatoms. The molecular formula is C15H13N3O3S. The Bertz CT molecular complexity index is 810. The zero-order chi connectivity index (χ0) is 15.5. The molecule has 3 aromatic rings. The second-order valence-electron chi connectivity index (χ2n) is 4.62. The number of nitrogens with zero attached hydrogens (tertiary/aromatic N) is 3. The number of carbonyl (C=O) groups excluding carboxylic acids is 1. The first-order valence-electron chi connectivity index (χ1n) is 6.58. The molecule has 0 fully saturated rings. The van der Waals surface area contributed by atoms with Crippen molar-refractivity contribution in [3.05, 3.63) is 51.8 Å². The van der Waals surface area contributed by atoms with Crippen molar-refractivity contribution < 1.29 is 14.1 Å². The molecule has 0 aliphatic rings. The number of rotatable bonds is 4. The Labute approximate surface area is 130 Å². The quantitative estimate of drug-likeness (QED) is 0.689. The molecule has 2 heterocycles. The predicted molar refractivity (Wildman–Crippen MR) is 80.7 cm³/mol. The summed E-state index contributed by atoms with van der Waals surface area (Å²) in [5.74, 6) is 0.528. The van der Waals surface area contributed by atoms with Gasteiger partial charge in [0.2, 0.25) is 11.7 Å². The molecule has 0 bridgehead atoms. The number of hydrogen-bond donors (Lipinski definition) is 0. The van der Waals surface area contributed by atoms with Crippen LogP contribution in [0.3, 0.4) is 0 Å². The number of esters is 1. The van der Waals surface area contributed by atoms with Gasteiger partial charge < -0.3 is 9.26 Å². The fourth-order valence-corrected chi connectivity index (χ4v) is 2.60. The summed E-state index contributed by atoms with van der Waals surface area (Å²) in [6.45, 7) is 1.95. The summed E-state index contributed by atoms with van der Waals surface area (Å²) in [6, 6.07) is 6.91. The Morgan fingerprint density at radius 1 is 1.36 bits per heavy atom. The van der Waals surface area contributed by atoms with Crippen LogP contribution in [0.5, 0.6) is 0 Å². The van der Waals surface area contributed by atoms with Crippen LogP contribution in [0.1, 0.15) is 27.0 Å². The van der Waals surface area contributed by atoms with Crippen molar-refractivity contribution in [2.45, 2.75) is 13.3 Å². The highest BCUT2D eigenvalue weighted by molar-refractivity contribution is 7.09. The van der Waals surface area contributed by atoms with Crippen LogP contribution in [0.4, 0.5) is 0 Å².